The second-order valence-corrected chi connectivity index (χ2v) is 7.70. The number of halogens is 1. The van der Waals surface area contributed by atoms with E-state index in [2.05, 4.69) is 20.4 Å². The van der Waals surface area contributed by atoms with E-state index in [-0.39, 0.29) is 11.3 Å². The van der Waals surface area contributed by atoms with Gasteiger partial charge in [-0.05, 0) is 39.0 Å². The quantitative estimate of drug-likeness (QED) is 0.437. The van der Waals surface area contributed by atoms with Crippen LogP contribution in [0.2, 0.25) is 5.02 Å². The first-order chi connectivity index (χ1) is 15.3. The third kappa shape index (κ3) is 4.45. The van der Waals surface area contributed by atoms with Crippen LogP contribution >= 0.6 is 11.6 Å². The minimum Gasteiger partial charge on any atom is -0.449 e. The van der Waals surface area contributed by atoms with Gasteiger partial charge in [0.05, 0.1) is 27.4 Å². The molecule has 9 heteroatoms. The Kier molecular flexibility index (Phi) is 5.87. The molecule has 0 saturated carbocycles. The molecule has 1 unspecified atom stereocenters. The number of esters is 1. The van der Waals surface area contributed by atoms with Crippen molar-refractivity contribution >= 4 is 40.4 Å². The van der Waals surface area contributed by atoms with Crippen molar-refractivity contribution in [3.63, 3.8) is 0 Å². The molecule has 0 saturated heterocycles. The maximum absolute atomic E-state index is 13.0. The Hall–Kier alpha value is -3.78. The molecule has 0 spiro atoms. The van der Waals surface area contributed by atoms with Crippen molar-refractivity contribution in [1.82, 2.24) is 15.1 Å². The number of carbonyl (C=O) groups is 2. The molecule has 8 nitrogen and oxygen atoms in total. The zero-order valence-corrected chi connectivity index (χ0v) is 18.3. The number of rotatable bonds is 5. The molecule has 3 heterocycles. The summed E-state index contributed by atoms with van der Waals surface area (Å²) >= 11 is 5.80. The third-order valence-corrected chi connectivity index (χ3v) is 5.04. The van der Waals surface area contributed by atoms with E-state index in [0.29, 0.717) is 27.6 Å². The zero-order valence-electron chi connectivity index (χ0n) is 17.5. The number of pyridine rings is 2. The van der Waals surface area contributed by atoms with Gasteiger partial charge in [0.2, 0.25) is 0 Å². The van der Waals surface area contributed by atoms with Crippen molar-refractivity contribution in [3.8, 4) is 11.3 Å². The van der Waals surface area contributed by atoms with Gasteiger partial charge >= 0.3 is 5.97 Å². The van der Waals surface area contributed by atoms with Crippen LogP contribution in [0.1, 0.15) is 28.5 Å². The highest BCUT2D eigenvalue weighted by Gasteiger charge is 2.24. The lowest BCUT2D eigenvalue weighted by Gasteiger charge is -2.14. The van der Waals surface area contributed by atoms with E-state index in [0.717, 1.165) is 11.1 Å². The van der Waals surface area contributed by atoms with Crippen LogP contribution in [0.3, 0.4) is 0 Å². The Morgan fingerprint density at radius 3 is 2.56 bits per heavy atom. The molecule has 0 aliphatic heterocycles. The average Bonchev–Trinajstić information content (AvgIpc) is 3.16. The summed E-state index contributed by atoms with van der Waals surface area (Å²) in [6.07, 6.45) is 0.328. The molecule has 1 aromatic carbocycles. The summed E-state index contributed by atoms with van der Waals surface area (Å²) in [7, 11) is 0. The molecule has 0 radical (unpaired) electrons. The molecule has 1 amide bonds. The number of benzene rings is 1. The number of fused-ring (bicyclic) bond motifs is 1. The van der Waals surface area contributed by atoms with E-state index < -0.39 is 18.0 Å². The first kappa shape index (κ1) is 21.5. The minimum atomic E-state index is -1.08. The van der Waals surface area contributed by atoms with Crippen molar-refractivity contribution in [2.75, 3.05) is 5.32 Å². The van der Waals surface area contributed by atoms with E-state index in [1.54, 1.807) is 25.1 Å². The van der Waals surface area contributed by atoms with Crippen LogP contribution in [0.25, 0.3) is 22.4 Å². The van der Waals surface area contributed by atoms with Gasteiger partial charge in [-0.25, -0.2) is 14.8 Å². The highest BCUT2D eigenvalue weighted by atomic mass is 35.5. The topological polar surface area (TPSA) is 107 Å². The highest BCUT2D eigenvalue weighted by molar-refractivity contribution is 6.30. The van der Waals surface area contributed by atoms with E-state index in [1.165, 1.54) is 13.1 Å². The van der Waals surface area contributed by atoms with Crippen molar-refractivity contribution in [3.05, 3.63) is 70.5 Å². The van der Waals surface area contributed by atoms with E-state index >= 15 is 0 Å². The number of aromatic nitrogens is 3. The number of nitrogens with zero attached hydrogens (tertiary/aromatic N) is 3. The predicted octanol–water partition coefficient (Wildman–Crippen LogP) is 4.74. The van der Waals surface area contributed by atoms with Crippen LogP contribution in [-0.2, 0) is 9.53 Å². The summed E-state index contributed by atoms with van der Waals surface area (Å²) in [5.74, 6) is -0.923. The number of amides is 1. The molecule has 4 rings (SSSR count). The second-order valence-electron chi connectivity index (χ2n) is 7.27. The largest absolute Gasteiger partial charge is 0.449 e. The molecule has 0 bridgehead atoms. The normalized spacial score (nSPS) is 11.9. The molecule has 0 fully saturated rings. The second kappa shape index (κ2) is 8.76. The van der Waals surface area contributed by atoms with Crippen LogP contribution in [-0.4, -0.2) is 33.1 Å². The summed E-state index contributed by atoms with van der Waals surface area (Å²) in [5.41, 5.74) is 3.37. The number of aryl methyl sites for hydroxylation is 2. The summed E-state index contributed by atoms with van der Waals surface area (Å²) in [6.45, 7) is 5.16. The van der Waals surface area contributed by atoms with Crippen LogP contribution in [0, 0.1) is 13.8 Å². The molecule has 32 heavy (non-hydrogen) atoms. The molecule has 0 aliphatic carbocycles. The highest BCUT2D eigenvalue weighted by Crippen LogP contribution is 2.28. The van der Waals surface area contributed by atoms with Gasteiger partial charge in [0.25, 0.3) is 11.6 Å². The Labute approximate surface area is 188 Å². The fourth-order valence-electron chi connectivity index (χ4n) is 3.08. The number of ether oxygens (including phenoxy) is 1. The summed E-state index contributed by atoms with van der Waals surface area (Å²) in [6, 6.07) is 12.5. The van der Waals surface area contributed by atoms with Crippen LogP contribution in [0.15, 0.2) is 53.2 Å². The molecule has 4 aromatic rings. The molecule has 0 aliphatic rings. The van der Waals surface area contributed by atoms with Gasteiger partial charge in [-0.2, -0.15) is 0 Å². The van der Waals surface area contributed by atoms with Gasteiger partial charge in [-0.1, -0.05) is 46.6 Å². The van der Waals surface area contributed by atoms with Gasteiger partial charge in [0.15, 0.2) is 6.10 Å². The maximum atomic E-state index is 13.0. The number of hydrogen-bond donors (Lipinski definition) is 1. The fourth-order valence-corrected chi connectivity index (χ4v) is 3.19. The number of carbonyl (C=O) groups excluding carboxylic acids is 2. The average molecular weight is 451 g/mol. The lowest BCUT2D eigenvalue weighted by Crippen LogP contribution is -2.30. The SMILES string of the molecule is Cc1ccc(-c2cc(C(=O)OC(C)C(=O)Nc3ccc(Cl)cn3)c3c(C)noc3n2)cc1. The predicted molar refractivity (Wildman–Crippen MR) is 119 cm³/mol. The number of hydrogen-bond acceptors (Lipinski definition) is 7. The van der Waals surface area contributed by atoms with Crippen molar-refractivity contribution in [2.45, 2.75) is 26.9 Å². The molecule has 3 aromatic heterocycles. The monoisotopic (exact) mass is 450 g/mol. The molecule has 1 N–H and O–H groups in total. The van der Waals surface area contributed by atoms with Crippen molar-refractivity contribution in [2.24, 2.45) is 0 Å². The van der Waals surface area contributed by atoms with Gasteiger partial charge < -0.3 is 14.6 Å². The first-order valence-corrected chi connectivity index (χ1v) is 10.2. The van der Waals surface area contributed by atoms with Gasteiger partial charge in [0.1, 0.15) is 5.82 Å². The zero-order chi connectivity index (χ0) is 22.8. The summed E-state index contributed by atoms with van der Waals surface area (Å²) in [5, 5.41) is 7.39. The molecule has 1 atom stereocenters. The van der Waals surface area contributed by atoms with Gasteiger partial charge in [-0.3, -0.25) is 4.79 Å². The Bertz CT molecular complexity index is 1300. The van der Waals surface area contributed by atoms with E-state index in [9.17, 15) is 9.59 Å². The van der Waals surface area contributed by atoms with Crippen LogP contribution in [0.4, 0.5) is 5.82 Å². The Morgan fingerprint density at radius 1 is 1.12 bits per heavy atom. The van der Waals surface area contributed by atoms with Gasteiger partial charge in [0, 0.05) is 11.8 Å². The lowest BCUT2D eigenvalue weighted by atomic mass is 10.0. The molecular weight excluding hydrogens is 432 g/mol. The lowest BCUT2D eigenvalue weighted by molar-refractivity contribution is -0.123. The number of anilines is 1. The summed E-state index contributed by atoms with van der Waals surface area (Å²) < 4.78 is 10.7. The van der Waals surface area contributed by atoms with Crippen molar-refractivity contribution < 1.29 is 18.8 Å². The number of nitrogens with one attached hydrogen (secondary N) is 1. The Balaban J connectivity index is 1.60. The maximum Gasteiger partial charge on any atom is 0.339 e. The minimum absolute atomic E-state index is 0.216. The van der Waals surface area contributed by atoms with Crippen molar-refractivity contribution in [1.29, 1.82) is 0 Å². The molecular formula is C23H19ClN4O4. The smallest absolute Gasteiger partial charge is 0.339 e. The van der Waals surface area contributed by atoms with Gasteiger partial charge in [-0.15, -0.1) is 0 Å². The van der Waals surface area contributed by atoms with Crippen LogP contribution < -0.4 is 5.32 Å². The Morgan fingerprint density at radius 2 is 1.88 bits per heavy atom. The third-order valence-electron chi connectivity index (χ3n) is 4.82. The van der Waals surface area contributed by atoms with Crippen LogP contribution in [0.5, 0.6) is 0 Å². The standard InChI is InChI=1S/C23H19ClN4O4/c1-12-4-6-15(7-5-12)18-10-17(20-13(2)28-32-22(20)26-18)23(30)31-14(3)21(29)27-19-9-8-16(24)11-25-19/h4-11,14H,1-3H3,(H,25,27,29). The molecule has 162 valence electrons. The summed E-state index contributed by atoms with van der Waals surface area (Å²) in [4.78, 5) is 34.0. The first-order valence-electron chi connectivity index (χ1n) is 9.79. The fraction of sp³-hybridized carbons (Fsp3) is 0.174. The van der Waals surface area contributed by atoms with E-state index in [4.69, 9.17) is 20.9 Å². The van der Waals surface area contributed by atoms with E-state index in [1.807, 2.05) is 31.2 Å².